The van der Waals surface area contributed by atoms with Crippen molar-refractivity contribution in [3.05, 3.63) is 0 Å². The molecule has 194 valence electrons. The van der Waals surface area contributed by atoms with Gasteiger partial charge < -0.3 is 0 Å². The summed E-state index contributed by atoms with van der Waals surface area (Å²) in [6, 6.07) is 0. The van der Waals surface area contributed by atoms with Gasteiger partial charge in [-0.2, -0.15) is 43.9 Å². The Balaban J connectivity index is 7.00. The van der Waals surface area contributed by atoms with Crippen LogP contribution in [-0.2, 0) is 0 Å². The lowest BCUT2D eigenvalue weighted by Crippen LogP contribution is -2.75. The zero-order valence-corrected chi connectivity index (χ0v) is 18.6. The second-order valence-electron chi connectivity index (χ2n) is 5.59. The standard InChI is InChI=1S/C10Cl7F15/c11-1(18,6(24,25)3(13,20)8(28,29)9(15,16)30)5(22,23)2(12,19)7(26,27)4(14,21)10(17,31)32/t1-,2+,3+,4+/m1/s1. The number of hydrogen-bond acceptors (Lipinski definition) is 0. The molecule has 0 rings (SSSR count). The molecule has 0 fully saturated rings. The van der Waals surface area contributed by atoms with E-state index in [0.29, 0.717) is 0 Å². The van der Waals surface area contributed by atoms with Gasteiger partial charge in [0.05, 0.1) is 0 Å². The Bertz CT molecular complexity index is 646. The average molecular weight is 653 g/mol. The normalized spacial score (nSPS) is 23.1. The van der Waals surface area contributed by atoms with Gasteiger partial charge >= 0.3 is 54.2 Å². The fourth-order valence-electron chi connectivity index (χ4n) is 1.54. The first-order valence-electron chi connectivity index (χ1n) is 6.41. The molecule has 0 aliphatic carbocycles. The lowest BCUT2D eigenvalue weighted by Gasteiger charge is -2.47. The van der Waals surface area contributed by atoms with Gasteiger partial charge in [0.1, 0.15) is 0 Å². The average Bonchev–Trinajstić information content (AvgIpc) is 2.51. The maximum Gasteiger partial charge on any atom is 0.375 e. The van der Waals surface area contributed by atoms with Crippen molar-refractivity contribution in [2.45, 2.75) is 54.2 Å². The summed E-state index contributed by atoms with van der Waals surface area (Å²) in [7, 11) is 0. The van der Waals surface area contributed by atoms with E-state index < -0.39 is 54.2 Å². The number of alkyl halides is 22. The van der Waals surface area contributed by atoms with E-state index >= 15 is 0 Å². The summed E-state index contributed by atoms with van der Waals surface area (Å²) in [4.78, 5) is 0. The van der Waals surface area contributed by atoms with Crippen LogP contribution < -0.4 is 0 Å². The molecule has 0 radical (unpaired) electrons. The van der Waals surface area contributed by atoms with Crippen molar-refractivity contribution >= 4 is 81.2 Å². The third-order valence-corrected chi connectivity index (χ3v) is 6.20. The molecule has 0 aromatic heterocycles. The number of hydrogen-bond donors (Lipinski definition) is 0. The zero-order valence-electron chi connectivity index (χ0n) is 13.3. The largest absolute Gasteiger partial charge is 0.375 e. The van der Waals surface area contributed by atoms with Gasteiger partial charge in [0.2, 0.25) is 0 Å². The fraction of sp³-hybridized carbons (Fsp3) is 1.00. The van der Waals surface area contributed by atoms with Gasteiger partial charge in [0.15, 0.2) is 0 Å². The molecular formula is C10Cl7F15. The fourth-order valence-corrected chi connectivity index (χ4v) is 3.07. The van der Waals surface area contributed by atoms with Gasteiger partial charge in [-0.1, -0.05) is 69.6 Å². The van der Waals surface area contributed by atoms with Gasteiger partial charge in [-0.15, -0.1) is 0 Å². The first-order chi connectivity index (χ1) is 13.2. The SMILES string of the molecule is FC(Cl)(Cl)C(F)(F)[C@](F)(Cl)C(F)(F)[C@@](F)(Cl)C(F)(F)[C@@](F)(Cl)C(F)(F)[C@@](F)(Cl)C(F)(F)Cl. The minimum atomic E-state index is -7.80. The molecule has 0 nitrogen and oxygen atoms in total. The molecule has 4 atom stereocenters. The van der Waals surface area contributed by atoms with E-state index in [-0.39, 0.29) is 0 Å². The summed E-state index contributed by atoms with van der Waals surface area (Å²) in [5.41, 5.74) is 0. The van der Waals surface area contributed by atoms with Gasteiger partial charge in [-0.25, -0.2) is 22.0 Å². The second-order valence-corrected chi connectivity index (χ2v) is 9.38. The van der Waals surface area contributed by atoms with E-state index in [1.54, 1.807) is 0 Å². The second kappa shape index (κ2) is 8.25. The Hall–Kier alpha value is 0.980. The lowest BCUT2D eigenvalue weighted by molar-refractivity contribution is -0.331. The molecule has 0 N–H and O–H groups in total. The molecule has 22 heteroatoms. The highest BCUT2D eigenvalue weighted by Crippen LogP contribution is 2.68. The van der Waals surface area contributed by atoms with Crippen LogP contribution in [0.3, 0.4) is 0 Å². The molecule has 0 saturated carbocycles. The van der Waals surface area contributed by atoms with E-state index in [2.05, 4.69) is 81.2 Å². The van der Waals surface area contributed by atoms with Crippen molar-refractivity contribution < 1.29 is 65.9 Å². The van der Waals surface area contributed by atoms with Crippen LogP contribution in [0.1, 0.15) is 0 Å². The molecule has 0 aliphatic heterocycles. The topological polar surface area (TPSA) is 0 Å². The van der Waals surface area contributed by atoms with Crippen molar-refractivity contribution in [3.63, 3.8) is 0 Å². The molecule has 32 heavy (non-hydrogen) atoms. The van der Waals surface area contributed by atoms with Gasteiger partial charge in [0, 0.05) is 0 Å². The highest BCUT2D eigenvalue weighted by Gasteiger charge is 2.94. The molecular weight excluding hydrogens is 653 g/mol. The smallest absolute Gasteiger partial charge is 0.212 e. The van der Waals surface area contributed by atoms with E-state index in [1.165, 1.54) is 0 Å². The quantitative estimate of drug-likeness (QED) is 0.172. The molecule has 0 aromatic rings. The van der Waals surface area contributed by atoms with E-state index in [1.807, 2.05) is 0 Å². The summed E-state index contributed by atoms with van der Waals surface area (Å²) in [5.74, 6) is -29.8. The Morgan fingerprint density at radius 2 is 0.469 bits per heavy atom. The van der Waals surface area contributed by atoms with Crippen molar-refractivity contribution in [2.75, 3.05) is 0 Å². The third-order valence-electron chi connectivity index (χ3n) is 3.47. The Kier molecular flexibility index (Phi) is 8.51. The molecule has 0 heterocycles. The Morgan fingerprint density at radius 1 is 0.281 bits per heavy atom. The Labute approximate surface area is 201 Å². The monoisotopic (exact) mass is 650 g/mol. The summed E-state index contributed by atoms with van der Waals surface area (Å²) in [6.45, 7) is 0. The van der Waals surface area contributed by atoms with Crippen molar-refractivity contribution in [3.8, 4) is 0 Å². The van der Waals surface area contributed by atoms with Gasteiger partial charge in [-0.3, -0.25) is 0 Å². The number of rotatable bonds is 9. The van der Waals surface area contributed by atoms with Crippen LogP contribution in [0.4, 0.5) is 65.9 Å². The first kappa shape index (κ1) is 33.0. The summed E-state index contributed by atoms with van der Waals surface area (Å²) in [6.07, 6.45) is 0. The molecule has 0 amide bonds. The zero-order chi connectivity index (χ0) is 27.0. The maximum atomic E-state index is 14.1. The van der Waals surface area contributed by atoms with Gasteiger partial charge in [0.25, 0.3) is 0 Å². The number of halogens is 22. The third kappa shape index (κ3) is 4.14. The van der Waals surface area contributed by atoms with Crippen LogP contribution in [0.2, 0.25) is 0 Å². The molecule has 0 aliphatic rings. The molecule has 0 bridgehead atoms. The minimum absolute atomic E-state index is 3.74. The van der Waals surface area contributed by atoms with Crippen LogP contribution in [0.25, 0.3) is 0 Å². The van der Waals surface area contributed by atoms with Crippen molar-refractivity contribution in [1.82, 2.24) is 0 Å². The predicted molar refractivity (Wildman–Crippen MR) is 84.9 cm³/mol. The predicted octanol–water partition coefficient (Wildman–Crippen LogP) is 9.08. The highest BCUT2D eigenvalue weighted by atomic mass is 35.5. The van der Waals surface area contributed by atoms with E-state index in [4.69, 9.17) is 0 Å². The highest BCUT2D eigenvalue weighted by molar-refractivity contribution is 6.48. The van der Waals surface area contributed by atoms with Crippen LogP contribution >= 0.6 is 81.2 Å². The maximum absolute atomic E-state index is 14.1. The van der Waals surface area contributed by atoms with Gasteiger partial charge in [-0.05, 0) is 11.6 Å². The summed E-state index contributed by atoms with van der Waals surface area (Å²) < 4.78 is 198. The molecule has 0 spiro atoms. The molecule has 0 saturated heterocycles. The van der Waals surface area contributed by atoms with Crippen LogP contribution in [-0.4, -0.2) is 54.2 Å². The molecule has 0 aromatic carbocycles. The van der Waals surface area contributed by atoms with Crippen LogP contribution in [0.5, 0.6) is 0 Å². The van der Waals surface area contributed by atoms with Crippen molar-refractivity contribution in [2.24, 2.45) is 0 Å². The van der Waals surface area contributed by atoms with E-state index in [9.17, 15) is 65.9 Å². The lowest BCUT2D eigenvalue weighted by atomic mass is 9.91. The van der Waals surface area contributed by atoms with Crippen LogP contribution in [0, 0.1) is 0 Å². The summed E-state index contributed by atoms with van der Waals surface area (Å²) in [5, 5.41) is -34.5. The Morgan fingerprint density at radius 3 is 0.656 bits per heavy atom. The summed E-state index contributed by atoms with van der Waals surface area (Å²) >= 11 is 27.2. The first-order valence-corrected chi connectivity index (χ1v) is 9.05. The van der Waals surface area contributed by atoms with Crippen molar-refractivity contribution in [1.29, 1.82) is 0 Å². The minimum Gasteiger partial charge on any atom is -0.212 e. The van der Waals surface area contributed by atoms with E-state index in [0.717, 1.165) is 0 Å². The molecule has 0 unspecified atom stereocenters. The van der Waals surface area contributed by atoms with Crippen LogP contribution in [0.15, 0.2) is 0 Å².